The quantitative estimate of drug-likeness (QED) is 0.0314. The summed E-state index contributed by atoms with van der Waals surface area (Å²) in [6.45, 7) is 66.1. The fourth-order valence-corrected chi connectivity index (χ4v) is 35.9. The maximum Gasteiger partial charge on any atom is 0.417 e. The molecule has 700 valence electrons. The van der Waals surface area contributed by atoms with E-state index in [0.717, 1.165) is 16.0 Å². The maximum atomic E-state index is 16.1. The van der Waals surface area contributed by atoms with Crippen LogP contribution in [0.5, 0.6) is 0 Å². The van der Waals surface area contributed by atoms with Crippen LogP contribution < -0.4 is 5.32 Å². The van der Waals surface area contributed by atoms with Crippen LogP contribution in [0.1, 0.15) is 244 Å². The number of aliphatic hydroxyl groups excluding tert-OH is 1. The van der Waals surface area contributed by atoms with Crippen molar-refractivity contribution in [2.45, 2.75) is 373 Å². The molecule has 2 unspecified atom stereocenters. The number of pyridine rings is 2. The molecular formula is C96H142F2N4O22Si2. The summed E-state index contributed by atoms with van der Waals surface area (Å²) in [6.07, 6.45) is 3.23. The van der Waals surface area contributed by atoms with E-state index < -0.39 is 211 Å². The second-order valence-corrected chi connectivity index (χ2v) is 53.1. The summed E-state index contributed by atoms with van der Waals surface area (Å²) in [5.74, 6) is -5.50. The van der Waals surface area contributed by atoms with Crippen LogP contribution in [0.15, 0.2) is 109 Å². The Bertz CT molecular complexity index is 4570. The Balaban J connectivity index is 0.000000204. The van der Waals surface area contributed by atoms with Crippen molar-refractivity contribution in [2.24, 2.45) is 45.3 Å². The van der Waals surface area contributed by atoms with Gasteiger partial charge in [0, 0.05) is 72.6 Å². The number of nitrogens with zero attached hydrogens (tertiary/aromatic N) is 3. The molecule has 13 rings (SSSR count). The first-order chi connectivity index (χ1) is 58.2. The van der Waals surface area contributed by atoms with Crippen molar-refractivity contribution in [1.29, 1.82) is 0 Å². The lowest BCUT2D eigenvalue weighted by molar-refractivity contribution is -0.306. The van der Waals surface area contributed by atoms with Crippen LogP contribution in [-0.2, 0) is 80.1 Å². The van der Waals surface area contributed by atoms with Gasteiger partial charge in [-0.15, -0.1) is 0 Å². The molecule has 5 saturated heterocycles. The summed E-state index contributed by atoms with van der Waals surface area (Å²) in [7, 11) is -5.49. The molecule has 26 nitrogen and oxygen atoms in total. The maximum absolute atomic E-state index is 16.1. The van der Waals surface area contributed by atoms with Gasteiger partial charge >= 0.3 is 30.1 Å². The molecule has 2 saturated carbocycles. The van der Waals surface area contributed by atoms with Crippen molar-refractivity contribution in [1.82, 2.24) is 20.2 Å². The first kappa shape index (κ1) is 99.8. The summed E-state index contributed by atoms with van der Waals surface area (Å²) in [4.78, 5) is 89.7. The van der Waals surface area contributed by atoms with Crippen LogP contribution in [0.4, 0.5) is 18.4 Å². The molecule has 0 aromatic carbocycles. The predicted molar refractivity (Wildman–Crippen MR) is 472 cm³/mol. The van der Waals surface area contributed by atoms with E-state index in [0.29, 0.717) is 11.1 Å². The van der Waals surface area contributed by atoms with Crippen LogP contribution in [0, 0.1) is 57.0 Å². The monoisotopic (exact) mass is 1800 g/mol. The molecule has 7 fully saturated rings. The molecule has 0 spiro atoms. The van der Waals surface area contributed by atoms with E-state index in [9.17, 15) is 43.7 Å². The third-order valence-electron chi connectivity index (χ3n) is 30.3. The highest BCUT2D eigenvalue weighted by Crippen LogP contribution is 2.69. The smallest absolute Gasteiger partial charge is 0.417 e. The number of aromatic nitrogens is 2. The SMILES string of the molecule is C=C[C@@H]1O[C@@H]2C3=C(C)[C@@H](O)C[C@@](O)([C@@H](C)[C@H]4[C@@](C)(C=C[C@H]5OC[C@]54OC(C)=O)[C@@H]2O1)C3(C)C.C=C[C@@H]1O[C@@H]2C3=C(C)[C@@H](OC(=O)[C@H](O[Si](C(C)C)(C(C)C)C(C)C)[C@@H](NC(=O)OC(C)(C)C)c4ncccc4F)C[C@@](O)([C@@H](C)[C@H]4[C@@](C)(C=C[C@H]5OC[C@]54OC(C)=O)[C@@H]2O1)C3(C)C.CC(C)[Si](OC1C(=O)N(C(=O)OC(C)(C)C)C1c1ncccc1F)(C(C)C)C(C)C. The standard InChI is InChI=1S/C48H71FN2O11Si.C26H36O7.C22H35FN2O4Si/c1-17-34-58-38-35-28(8)32(23-48(55,45(35,14)15)29(9)40-46(16,41(38)59-34)21-20-33-47(40,24-56-33)60-30(10)52)57-42(53)39(62-63(25(2)3,26(4)5)27(6)7)37(36-31(49)19-18-22-50-36)51-43(54)61-44(11,12)13;1-8-18-31-20-19-13(2)16(28)11-26(29,23(19,5)6)14(3)21-24(7,22(20)32-18)10-9-17-25(21,12-30-17)33-15(4)27;1-13(2)30(14(3)4,15(5)6)29-19-18(17-16(23)11-10-12-24-17)25(20(19)26)21(27)28-22(7,8)9/h17-22,25-27,29,32-34,37-41,55H,1,23-24H2,2-16H3,(H,51,54);8-10,14,16-18,20-22,28-29H,1,11-12H2,2-7H3;10-15,18-19H,1-9H3/t29-,32-,33+,34+,37-,38+,39+,40-,41+,46+,47-,48+;14-,16-,17+,18+,20+,21-,22+,24+,25-,26+;/m00./s1. The fourth-order valence-electron chi connectivity index (χ4n) is 24.9. The number of alkyl carbamates (subject to hydrolysis) is 1. The number of rotatable bonds is 20. The molecule has 11 aliphatic rings. The van der Waals surface area contributed by atoms with Gasteiger partial charge in [0.2, 0.25) is 16.6 Å². The normalized spacial score (nSPS) is 35.6. The number of carbonyl (C=O) groups is 6. The van der Waals surface area contributed by atoms with Gasteiger partial charge in [-0.2, -0.15) is 0 Å². The lowest BCUT2D eigenvalue weighted by atomic mass is 9.44. The van der Waals surface area contributed by atoms with Gasteiger partial charge in [-0.1, -0.05) is 176 Å². The zero-order chi connectivity index (χ0) is 94.1. The number of aliphatic hydroxyl groups is 3. The highest BCUT2D eigenvalue weighted by atomic mass is 28.4. The average Bonchev–Trinajstić information content (AvgIpc) is 1.10. The van der Waals surface area contributed by atoms with Crippen molar-refractivity contribution in [2.75, 3.05) is 13.2 Å². The largest absolute Gasteiger partial charge is 0.456 e. The van der Waals surface area contributed by atoms with E-state index in [1.54, 1.807) is 53.7 Å². The first-order valence-corrected chi connectivity index (χ1v) is 49.2. The number of fused-ring (bicyclic) bond motifs is 16. The van der Waals surface area contributed by atoms with Gasteiger partial charge in [-0.05, 0) is 159 Å². The number of esters is 3. The Hall–Kier alpha value is -6.79. The summed E-state index contributed by atoms with van der Waals surface area (Å²) in [5, 5.41) is 40.0. The number of hydrogen-bond acceptors (Lipinski definition) is 24. The number of ether oxygens (including phenoxy) is 11. The van der Waals surface area contributed by atoms with Crippen LogP contribution in [0.2, 0.25) is 33.2 Å². The molecule has 126 heavy (non-hydrogen) atoms. The van der Waals surface area contributed by atoms with Gasteiger partial charge in [-0.3, -0.25) is 24.4 Å². The number of halogens is 2. The molecule has 4 bridgehead atoms. The number of β-lactam (4-membered cyclic amide) rings is 1. The Morgan fingerprint density at radius 3 is 1.45 bits per heavy atom. The number of amides is 3. The molecular weight excluding hydrogens is 1660 g/mol. The van der Waals surface area contributed by atoms with Gasteiger partial charge < -0.3 is 81.6 Å². The van der Waals surface area contributed by atoms with E-state index in [4.69, 9.17) is 61.0 Å². The number of carbonyl (C=O) groups excluding carboxylic acids is 6. The zero-order valence-electron chi connectivity index (χ0n) is 79.7. The lowest BCUT2D eigenvalue weighted by Gasteiger charge is -2.66. The summed E-state index contributed by atoms with van der Waals surface area (Å²) >= 11 is 0. The van der Waals surface area contributed by atoms with Gasteiger partial charge in [0.15, 0.2) is 36.0 Å². The van der Waals surface area contributed by atoms with Gasteiger partial charge in [-0.25, -0.2) is 28.1 Å². The Morgan fingerprint density at radius 2 is 1.06 bits per heavy atom. The van der Waals surface area contributed by atoms with Crippen molar-refractivity contribution < 1.29 is 114 Å². The first-order valence-electron chi connectivity index (χ1n) is 44.9. The highest BCUT2D eigenvalue weighted by Gasteiger charge is 2.77. The molecule has 24 atom stereocenters. The molecule has 5 aliphatic heterocycles. The fraction of sp³-hybridized carbons (Fsp3) is 0.708. The molecule has 2 aromatic heterocycles. The van der Waals surface area contributed by atoms with Gasteiger partial charge in [0.1, 0.15) is 89.0 Å². The third-order valence-corrected chi connectivity index (χ3v) is 42.4. The number of likely N-dealkylation sites (tertiary alicyclic amines) is 1. The van der Waals surface area contributed by atoms with Gasteiger partial charge in [0.25, 0.3) is 5.91 Å². The molecule has 30 heteroatoms. The molecule has 6 aliphatic carbocycles. The Morgan fingerprint density at radius 1 is 0.627 bits per heavy atom. The molecule has 4 N–H and O–H groups in total. The van der Waals surface area contributed by atoms with E-state index >= 15 is 9.18 Å². The van der Waals surface area contributed by atoms with Gasteiger partial charge in [0.05, 0.1) is 30.5 Å². The Labute approximate surface area is 746 Å². The second-order valence-electron chi connectivity index (χ2n) is 42.3. The number of imide groups is 1. The number of hydrogen-bond donors (Lipinski definition) is 4. The van der Waals surface area contributed by atoms with Crippen LogP contribution in [0.25, 0.3) is 0 Å². The summed E-state index contributed by atoms with van der Waals surface area (Å²) < 4.78 is 113. The zero-order valence-corrected chi connectivity index (χ0v) is 81.7. The minimum atomic E-state index is -3.03. The second kappa shape index (κ2) is 35.4. The van der Waals surface area contributed by atoms with Crippen molar-refractivity contribution >= 4 is 52.6 Å². The van der Waals surface area contributed by atoms with E-state index in [1.165, 1.54) is 50.5 Å². The van der Waals surface area contributed by atoms with E-state index in [1.807, 2.05) is 80.5 Å². The third kappa shape index (κ3) is 16.6. The topological polar surface area (TPSA) is 324 Å². The predicted octanol–water partition coefficient (Wildman–Crippen LogP) is 16.8. The summed E-state index contributed by atoms with van der Waals surface area (Å²) in [6, 6.07) is 2.94. The van der Waals surface area contributed by atoms with Crippen molar-refractivity contribution in [3.8, 4) is 0 Å². The van der Waals surface area contributed by atoms with Crippen molar-refractivity contribution in [3.05, 3.63) is 132 Å². The van der Waals surface area contributed by atoms with Crippen LogP contribution in [-0.4, -0.2) is 203 Å². The van der Waals surface area contributed by atoms with E-state index in [-0.39, 0.29) is 88.5 Å². The highest BCUT2D eigenvalue weighted by molar-refractivity contribution is 6.78. The molecule has 7 heterocycles. The van der Waals surface area contributed by atoms with Crippen LogP contribution >= 0.6 is 0 Å². The van der Waals surface area contributed by atoms with E-state index in [2.05, 4.69) is 125 Å². The molecule has 0 radical (unpaired) electrons. The lowest BCUT2D eigenvalue weighted by Crippen LogP contribution is -2.76. The minimum Gasteiger partial charge on any atom is -0.456 e. The summed E-state index contributed by atoms with van der Waals surface area (Å²) in [5.41, 5.74) is -6.54. The average molecular weight is 1800 g/mol. The molecule has 3 amide bonds. The Kier molecular flexibility index (Phi) is 28.0. The van der Waals surface area contributed by atoms with Crippen molar-refractivity contribution in [3.63, 3.8) is 0 Å². The number of nitrogens with one attached hydrogen (secondary N) is 1. The molecule has 2 aromatic rings. The van der Waals surface area contributed by atoms with Crippen LogP contribution in [0.3, 0.4) is 0 Å². The minimum absolute atomic E-state index is 0.0205.